The number of hydrogen-bond donors (Lipinski definition) is 0. The van der Waals surface area contributed by atoms with E-state index in [4.69, 9.17) is 40.2 Å². The van der Waals surface area contributed by atoms with E-state index in [0.29, 0.717) is 0 Å². The van der Waals surface area contributed by atoms with Crippen molar-refractivity contribution in [3.05, 3.63) is 0 Å². The number of hydrogen-bond acceptors (Lipinski definition) is 4. The molecule has 0 unspecified atom stereocenters. The zero-order valence-corrected chi connectivity index (χ0v) is 25.8. The fraction of sp³-hybridized carbons (Fsp3) is 0.900. The summed E-state index contributed by atoms with van der Waals surface area (Å²) in [5, 5.41) is 21.8. The molecule has 0 aliphatic carbocycles. The smallest absolute Gasteiger partial charge is 0.550 e. The van der Waals surface area contributed by atoms with Crippen molar-refractivity contribution in [1.82, 2.24) is 0 Å². The molecule has 0 bridgehead atoms. The Morgan fingerprint density at radius 1 is 0.613 bits per heavy atom. The van der Waals surface area contributed by atoms with Crippen LogP contribution in [0.4, 0.5) is 0 Å². The van der Waals surface area contributed by atoms with Gasteiger partial charge in [-0.3, -0.25) is 0 Å². The molecule has 0 heterocycles. The molecular weight excluding hydrogens is 559 g/mol. The summed E-state index contributed by atoms with van der Waals surface area (Å²) in [7, 11) is 21.5. The Labute approximate surface area is 228 Å². The second-order valence-corrected chi connectivity index (χ2v) is 17.5. The monoisotopic (exact) mass is 597 g/mol. The molecule has 31 heavy (non-hydrogen) atoms. The van der Waals surface area contributed by atoms with E-state index in [0.717, 1.165) is 49.1 Å². The third-order valence-corrected chi connectivity index (χ3v) is 8.52. The standard InChI is InChI=1S/2C8H16O2.2C2H5.2Al.4ClH.Ni/c2*1-2-3-4-5-6-7-8(9)10;2*1-2;;;;;;;/h2*2-7H2,1H3,(H,9,10);2*1H2,2H3;;;4*1H;/q;;;;2*+2;;;;;+2/p-5. The summed E-state index contributed by atoms with van der Waals surface area (Å²) >= 11 is -2.41. The minimum atomic E-state index is -1.21. The molecule has 0 aromatic carbocycles. The molecule has 188 valence electrons. The van der Waals surface area contributed by atoms with Crippen LogP contribution in [0.3, 0.4) is 0 Å². The number of aliphatic carboxylic acids is 2. The summed E-state index contributed by atoms with van der Waals surface area (Å²) in [6.07, 6.45) is 11.2. The topological polar surface area (TPSA) is 80.3 Å². The molecule has 0 saturated carbocycles. The summed E-state index contributed by atoms with van der Waals surface area (Å²) in [6, 6.07) is 0. The maximum absolute atomic E-state index is 9.92. The van der Waals surface area contributed by atoms with Crippen molar-refractivity contribution in [2.45, 2.75) is 115 Å². The number of halogens is 4. The molecule has 0 radical (unpaired) electrons. The fourth-order valence-corrected chi connectivity index (χ4v) is 1.75. The largest absolute Gasteiger partial charge is 2.00 e. The fourth-order valence-electron chi connectivity index (χ4n) is 1.75. The molecule has 11 heteroatoms. The molecule has 0 aliphatic heterocycles. The van der Waals surface area contributed by atoms with Gasteiger partial charge < -0.3 is 19.8 Å². The Kier molecular flexibility index (Phi) is 53.7. The van der Waals surface area contributed by atoms with Gasteiger partial charge in [-0.05, 0) is 25.7 Å². The van der Waals surface area contributed by atoms with E-state index in [9.17, 15) is 19.8 Å². The summed E-state index contributed by atoms with van der Waals surface area (Å²) in [6.45, 7) is 8.27. The molecule has 0 aliphatic rings. The Hall–Kier alpha value is 1.66. The minimum absolute atomic E-state index is 0. The van der Waals surface area contributed by atoms with Gasteiger partial charge in [-0.25, -0.2) is 40.2 Å². The zero-order chi connectivity index (χ0) is 24.2. The van der Waals surface area contributed by atoms with Crippen LogP contribution in [-0.4, -0.2) is 36.6 Å². The second kappa shape index (κ2) is 38.9. The number of unbranched alkanes of at least 4 members (excludes halogenated alkanes) is 8. The quantitative estimate of drug-likeness (QED) is 0.175. The first-order valence-corrected chi connectivity index (χ1v) is 19.7. The number of carbonyl (C=O) groups excluding carboxylic acids is 2. The zero-order valence-electron chi connectivity index (χ0n) is 20.5. The van der Waals surface area contributed by atoms with Crippen LogP contribution in [0.1, 0.15) is 106 Å². The van der Waals surface area contributed by atoms with Gasteiger partial charge in [-0.1, -0.05) is 89.6 Å². The molecule has 4 nitrogen and oxygen atoms in total. The van der Waals surface area contributed by atoms with Crippen LogP contribution >= 0.6 is 40.2 Å². The van der Waals surface area contributed by atoms with E-state index in [-0.39, 0.29) is 30.8 Å². The first kappa shape index (κ1) is 42.8. The first-order chi connectivity index (χ1) is 14.1. The maximum atomic E-state index is 9.92. The normalized spacial score (nSPS) is 8.77. The van der Waals surface area contributed by atoms with Gasteiger partial charge in [-0.15, -0.1) is 0 Å². The third-order valence-electron chi connectivity index (χ3n) is 3.59. The molecule has 0 spiro atoms. The Bertz CT molecular complexity index is 332. The van der Waals surface area contributed by atoms with Crippen LogP contribution in [0.5, 0.6) is 0 Å². The summed E-state index contributed by atoms with van der Waals surface area (Å²) < 4.78 is 0. The van der Waals surface area contributed by atoms with Crippen LogP contribution in [0.2, 0.25) is 10.6 Å². The Morgan fingerprint density at radius 2 is 0.839 bits per heavy atom. The molecule has 0 aromatic rings. The molecule has 0 saturated heterocycles. The molecule has 0 fully saturated rings. The van der Waals surface area contributed by atoms with Crippen molar-refractivity contribution in [2.75, 3.05) is 0 Å². The molecule has 0 aromatic heterocycles. The van der Waals surface area contributed by atoms with Crippen LogP contribution in [0, 0.1) is 0 Å². The number of carboxylic acids is 2. The molecule has 0 N–H and O–H groups in total. The van der Waals surface area contributed by atoms with Crippen LogP contribution in [0.25, 0.3) is 0 Å². The van der Waals surface area contributed by atoms with Crippen molar-refractivity contribution in [2.24, 2.45) is 0 Å². The Balaban J connectivity index is -0.0000000724. The van der Waals surface area contributed by atoms with Crippen molar-refractivity contribution >= 4 is 76.7 Å². The SMILES string of the molecule is CCCCCCCC(=O)[O-].CCCCCCCC(=O)[O-].C[CH2][Al]([Cl])[Cl].C[CH2][Al]([Cl])[Cl].[H+].[Ni+2]. The van der Waals surface area contributed by atoms with Gasteiger partial charge >= 0.3 is 42.5 Å². The van der Waals surface area contributed by atoms with E-state index in [1.165, 1.54) is 25.7 Å². The summed E-state index contributed by atoms with van der Waals surface area (Å²) in [5.74, 6) is -1.84. The van der Waals surface area contributed by atoms with E-state index >= 15 is 0 Å². The number of rotatable bonds is 14. The predicted octanol–water partition coefficient (Wildman–Crippen LogP) is 6.25. The van der Waals surface area contributed by atoms with E-state index < -0.39 is 36.6 Å². The number of carbonyl (C=O) groups is 2. The first-order valence-electron chi connectivity index (χ1n) is 11.0. The third kappa shape index (κ3) is 72.1. The van der Waals surface area contributed by atoms with Gasteiger partial charge in [-0.2, -0.15) is 0 Å². The van der Waals surface area contributed by atoms with Crippen molar-refractivity contribution in [3.8, 4) is 0 Å². The van der Waals surface area contributed by atoms with Crippen LogP contribution in [0.15, 0.2) is 0 Å². The van der Waals surface area contributed by atoms with Gasteiger partial charge in [0.1, 0.15) is 0 Å². The van der Waals surface area contributed by atoms with Gasteiger partial charge in [0.05, 0.1) is 0 Å². The molecule has 0 amide bonds. The van der Waals surface area contributed by atoms with E-state index in [2.05, 4.69) is 13.8 Å². The van der Waals surface area contributed by atoms with Crippen LogP contribution in [-0.2, 0) is 26.1 Å². The average molecular weight is 600 g/mol. The van der Waals surface area contributed by atoms with Crippen LogP contribution < -0.4 is 10.2 Å². The van der Waals surface area contributed by atoms with Crippen molar-refractivity contribution in [3.63, 3.8) is 0 Å². The predicted molar refractivity (Wildman–Crippen MR) is 134 cm³/mol. The van der Waals surface area contributed by atoms with Gasteiger partial charge in [0, 0.05) is 11.9 Å². The minimum Gasteiger partial charge on any atom is -0.550 e. The van der Waals surface area contributed by atoms with Gasteiger partial charge in [0.2, 0.25) is 0 Å². The molecular formula is C20H41Al2Cl4NiO4+. The molecule has 0 atom stereocenters. The Morgan fingerprint density at radius 3 is 1.00 bits per heavy atom. The second-order valence-electron chi connectivity index (χ2n) is 6.67. The van der Waals surface area contributed by atoms with Gasteiger partial charge in [0.25, 0.3) is 0 Å². The van der Waals surface area contributed by atoms with Crippen molar-refractivity contribution < 1.29 is 37.7 Å². The molecule has 0 rings (SSSR count). The van der Waals surface area contributed by atoms with E-state index in [1.807, 2.05) is 13.8 Å². The summed E-state index contributed by atoms with van der Waals surface area (Å²) in [4.78, 5) is 19.8. The maximum Gasteiger partial charge on any atom is 2.00 e. The summed E-state index contributed by atoms with van der Waals surface area (Å²) in [5.41, 5.74) is 0. The van der Waals surface area contributed by atoms with Crippen molar-refractivity contribution in [1.29, 1.82) is 0 Å². The van der Waals surface area contributed by atoms with Gasteiger partial charge in [0.15, 0.2) is 0 Å². The number of carboxylic acid groups (broad SMARTS) is 2. The average Bonchev–Trinajstić information content (AvgIpc) is 2.68. The van der Waals surface area contributed by atoms with E-state index in [1.54, 1.807) is 0 Å².